The van der Waals surface area contributed by atoms with Crippen molar-refractivity contribution in [2.75, 3.05) is 26.2 Å². The lowest BCUT2D eigenvalue weighted by molar-refractivity contribution is -0.139. The Morgan fingerprint density at radius 3 is 2.41 bits per heavy atom. The van der Waals surface area contributed by atoms with Crippen LogP contribution in [0.3, 0.4) is 0 Å². The van der Waals surface area contributed by atoms with E-state index in [1.165, 1.54) is 23.4 Å². The van der Waals surface area contributed by atoms with E-state index in [0.717, 1.165) is 11.3 Å². The fourth-order valence-corrected chi connectivity index (χ4v) is 5.17. The van der Waals surface area contributed by atoms with Crippen LogP contribution in [0.25, 0.3) is 0 Å². The predicted molar refractivity (Wildman–Crippen MR) is 106 cm³/mol. The van der Waals surface area contributed by atoms with E-state index < -0.39 is 16.1 Å². The van der Waals surface area contributed by atoms with Gasteiger partial charge in [0.1, 0.15) is 5.75 Å². The Morgan fingerprint density at radius 1 is 1.00 bits per heavy atom. The summed E-state index contributed by atoms with van der Waals surface area (Å²) in [5.41, 5.74) is 1.37. The number of rotatable bonds is 4. The van der Waals surface area contributed by atoms with Gasteiger partial charge in [-0.3, -0.25) is 9.59 Å². The van der Waals surface area contributed by atoms with Crippen LogP contribution in [0.15, 0.2) is 53.4 Å². The van der Waals surface area contributed by atoms with Gasteiger partial charge in [-0.2, -0.15) is 4.31 Å². The molecule has 0 aliphatic carbocycles. The molecule has 1 amide bonds. The number of piperazine rings is 1. The van der Waals surface area contributed by atoms with E-state index >= 15 is 0 Å². The van der Waals surface area contributed by atoms with Crippen molar-refractivity contribution >= 4 is 21.7 Å². The number of carbonyl (C=O) groups is 2. The zero-order valence-corrected chi connectivity index (χ0v) is 16.9. The molecule has 0 unspecified atom stereocenters. The van der Waals surface area contributed by atoms with Crippen molar-refractivity contribution in [3.8, 4) is 5.75 Å². The van der Waals surface area contributed by atoms with Crippen LogP contribution >= 0.6 is 0 Å². The third kappa shape index (κ3) is 3.77. The average molecular weight is 414 g/mol. The van der Waals surface area contributed by atoms with Crippen LogP contribution in [-0.4, -0.2) is 61.6 Å². The van der Waals surface area contributed by atoms with Crippen LogP contribution in [0.1, 0.15) is 22.8 Å². The van der Waals surface area contributed by atoms with Crippen molar-refractivity contribution in [3.05, 3.63) is 59.7 Å². The van der Waals surface area contributed by atoms with E-state index in [2.05, 4.69) is 0 Å². The van der Waals surface area contributed by atoms with Crippen LogP contribution in [-0.2, 0) is 21.2 Å². The highest BCUT2D eigenvalue weighted by atomic mass is 32.2. The van der Waals surface area contributed by atoms with Crippen molar-refractivity contribution in [2.24, 2.45) is 0 Å². The van der Waals surface area contributed by atoms with Gasteiger partial charge in [0.05, 0.1) is 4.90 Å². The molecule has 1 fully saturated rings. The van der Waals surface area contributed by atoms with Gasteiger partial charge in [0.25, 0.3) is 5.91 Å². The number of Topliss-reactive ketones (excluding diaryl/α,β-unsaturated/α-hetero) is 1. The number of nitrogens with zero attached hydrogens (tertiary/aromatic N) is 2. The monoisotopic (exact) mass is 414 g/mol. The van der Waals surface area contributed by atoms with Crippen LogP contribution < -0.4 is 4.74 Å². The lowest BCUT2D eigenvalue weighted by Gasteiger charge is -2.35. The highest BCUT2D eigenvalue weighted by Crippen LogP contribution is 2.29. The first-order valence-corrected chi connectivity index (χ1v) is 10.9. The van der Waals surface area contributed by atoms with Crippen molar-refractivity contribution in [2.45, 2.75) is 24.3 Å². The van der Waals surface area contributed by atoms with Crippen molar-refractivity contribution in [1.29, 1.82) is 0 Å². The van der Waals surface area contributed by atoms with Gasteiger partial charge in [-0.05, 0) is 30.7 Å². The van der Waals surface area contributed by atoms with Gasteiger partial charge < -0.3 is 9.64 Å². The van der Waals surface area contributed by atoms with Gasteiger partial charge in [0.15, 0.2) is 11.9 Å². The topological polar surface area (TPSA) is 84.0 Å². The molecule has 0 aromatic heterocycles. The fourth-order valence-electron chi connectivity index (χ4n) is 3.70. The Morgan fingerprint density at radius 2 is 1.72 bits per heavy atom. The molecule has 7 nitrogen and oxygen atoms in total. The molecule has 0 N–H and O–H groups in total. The molecule has 0 saturated carbocycles. The highest BCUT2D eigenvalue weighted by molar-refractivity contribution is 7.89. The Bertz CT molecular complexity index is 1030. The summed E-state index contributed by atoms with van der Waals surface area (Å²) in [6.07, 6.45) is -0.0199. The molecule has 2 aromatic rings. The second-order valence-corrected chi connectivity index (χ2v) is 9.17. The molecule has 4 rings (SSSR count). The zero-order chi connectivity index (χ0) is 20.6. The minimum absolute atomic E-state index is 0.0968. The number of sulfonamides is 1. The number of fused-ring (bicyclic) bond motifs is 1. The molecular formula is C21H22N2O5S. The molecule has 8 heteroatoms. The lowest BCUT2D eigenvalue weighted by atomic mass is 10.1. The summed E-state index contributed by atoms with van der Waals surface area (Å²) in [5, 5.41) is 0. The number of amides is 1. The summed E-state index contributed by atoms with van der Waals surface area (Å²) >= 11 is 0. The second-order valence-electron chi connectivity index (χ2n) is 7.23. The second kappa shape index (κ2) is 7.61. The minimum Gasteiger partial charge on any atom is -0.480 e. The number of hydrogen-bond acceptors (Lipinski definition) is 5. The Labute approximate surface area is 169 Å². The van der Waals surface area contributed by atoms with Gasteiger partial charge in [0, 0.05) is 38.2 Å². The molecule has 2 aliphatic rings. The van der Waals surface area contributed by atoms with E-state index in [9.17, 15) is 18.0 Å². The maximum Gasteiger partial charge on any atom is 0.264 e. The molecule has 0 spiro atoms. The molecule has 2 heterocycles. The zero-order valence-electron chi connectivity index (χ0n) is 16.1. The maximum absolute atomic E-state index is 12.9. The summed E-state index contributed by atoms with van der Waals surface area (Å²) in [7, 11) is -3.72. The van der Waals surface area contributed by atoms with Gasteiger partial charge in [-0.15, -0.1) is 0 Å². The van der Waals surface area contributed by atoms with E-state index in [0.29, 0.717) is 25.1 Å². The van der Waals surface area contributed by atoms with Crippen LogP contribution in [0.5, 0.6) is 5.75 Å². The summed E-state index contributed by atoms with van der Waals surface area (Å²) in [5.74, 6) is 0.435. The van der Waals surface area contributed by atoms with Crippen LogP contribution in [0, 0.1) is 0 Å². The number of carbonyl (C=O) groups excluding carboxylic acids is 2. The Kier molecular flexibility index (Phi) is 5.14. The standard InChI is InChI=1S/C21H22N2O5S/c1-15(24)16-6-4-7-18(13-16)29(26,27)23-11-9-22(10-12-23)21(25)20-14-17-5-2-3-8-19(17)28-20/h2-8,13,20H,9-12,14H2,1H3/t20-/m0/s1. The molecule has 2 aliphatic heterocycles. The van der Waals surface area contributed by atoms with Gasteiger partial charge in [-0.1, -0.05) is 30.3 Å². The lowest BCUT2D eigenvalue weighted by Crippen LogP contribution is -2.53. The molecule has 0 radical (unpaired) electrons. The number of para-hydroxylation sites is 1. The van der Waals surface area contributed by atoms with Gasteiger partial charge in [-0.25, -0.2) is 8.42 Å². The Balaban J connectivity index is 1.41. The molecule has 1 saturated heterocycles. The Hall–Kier alpha value is -2.71. The average Bonchev–Trinajstić information content (AvgIpc) is 3.17. The van der Waals surface area contributed by atoms with Gasteiger partial charge >= 0.3 is 0 Å². The van der Waals surface area contributed by atoms with Gasteiger partial charge in [0.2, 0.25) is 10.0 Å². The smallest absolute Gasteiger partial charge is 0.264 e. The number of hydrogen-bond donors (Lipinski definition) is 0. The molecule has 2 aromatic carbocycles. The number of ether oxygens (including phenoxy) is 1. The van der Waals surface area contributed by atoms with E-state index in [1.54, 1.807) is 17.0 Å². The first-order chi connectivity index (χ1) is 13.9. The highest BCUT2D eigenvalue weighted by Gasteiger charge is 2.36. The summed E-state index contributed by atoms with van der Waals surface area (Å²) in [6, 6.07) is 13.6. The summed E-state index contributed by atoms with van der Waals surface area (Å²) in [4.78, 5) is 26.1. The minimum atomic E-state index is -3.72. The molecule has 0 bridgehead atoms. The number of benzene rings is 2. The molecular weight excluding hydrogens is 392 g/mol. The largest absolute Gasteiger partial charge is 0.480 e. The van der Waals surface area contributed by atoms with E-state index in [4.69, 9.17) is 4.74 Å². The summed E-state index contributed by atoms with van der Waals surface area (Å²) in [6.45, 7) is 2.43. The number of ketones is 1. The van der Waals surface area contributed by atoms with E-state index in [1.807, 2.05) is 24.3 Å². The van der Waals surface area contributed by atoms with Crippen LogP contribution in [0.4, 0.5) is 0 Å². The summed E-state index contributed by atoms with van der Waals surface area (Å²) < 4.78 is 33.0. The third-order valence-corrected chi connectivity index (χ3v) is 7.25. The predicted octanol–water partition coefficient (Wildman–Crippen LogP) is 1.73. The van der Waals surface area contributed by atoms with Crippen molar-refractivity contribution in [3.63, 3.8) is 0 Å². The molecule has 29 heavy (non-hydrogen) atoms. The van der Waals surface area contributed by atoms with Crippen molar-refractivity contribution < 1.29 is 22.7 Å². The first-order valence-electron chi connectivity index (χ1n) is 9.51. The van der Waals surface area contributed by atoms with E-state index in [-0.39, 0.29) is 29.7 Å². The van der Waals surface area contributed by atoms with Crippen molar-refractivity contribution in [1.82, 2.24) is 9.21 Å². The SMILES string of the molecule is CC(=O)c1cccc(S(=O)(=O)N2CCN(C(=O)[C@@H]3Cc4ccccc4O3)CC2)c1. The molecule has 152 valence electrons. The normalized spacial score (nSPS) is 19.5. The maximum atomic E-state index is 12.9. The molecule has 1 atom stereocenters. The van der Waals surface area contributed by atoms with Crippen LogP contribution in [0.2, 0.25) is 0 Å². The first kappa shape index (κ1) is 19.6. The third-order valence-electron chi connectivity index (χ3n) is 5.35. The quantitative estimate of drug-likeness (QED) is 0.712. The fraction of sp³-hybridized carbons (Fsp3) is 0.333.